The molecule has 3 saturated carbocycles. The lowest BCUT2D eigenvalue weighted by molar-refractivity contribution is -0.0683. The number of fused-ring (bicyclic) bond motifs is 5. The van der Waals surface area contributed by atoms with Crippen molar-refractivity contribution in [1.82, 2.24) is 4.90 Å². The zero-order valence-electron chi connectivity index (χ0n) is 43.4. The highest BCUT2D eigenvalue weighted by molar-refractivity contribution is 5.59. The van der Waals surface area contributed by atoms with Crippen LogP contribution in [0.1, 0.15) is 221 Å². The summed E-state index contributed by atoms with van der Waals surface area (Å²) in [5.74, 6) is 5.15. The summed E-state index contributed by atoms with van der Waals surface area (Å²) in [6, 6.07) is 0. The van der Waals surface area contributed by atoms with Crippen molar-refractivity contribution in [2.24, 2.45) is 46.3 Å². The number of carbonyl (C=O) groups is 1. The maximum Gasteiger partial charge on any atom is 0.508 e. The lowest BCUT2D eigenvalue weighted by Gasteiger charge is -2.58. The number of carbonyl (C=O) groups excluding carboxylic acids is 1. The molecule has 0 aromatic heterocycles. The fourth-order valence-electron chi connectivity index (χ4n) is 13.8. The van der Waals surface area contributed by atoms with Crippen molar-refractivity contribution in [2.45, 2.75) is 234 Å². The van der Waals surface area contributed by atoms with E-state index in [0.717, 1.165) is 81.0 Å². The van der Waals surface area contributed by atoms with Gasteiger partial charge in [-0.1, -0.05) is 149 Å². The van der Waals surface area contributed by atoms with Gasteiger partial charge in [0.15, 0.2) is 0 Å². The summed E-state index contributed by atoms with van der Waals surface area (Å²) >= 11 is 0. The fourth-order valence-corrected chi connectivity index (χ4v) is 13.8. The largest absolute Gasteiger partial charge is 0.508 e. The molecule has 0 radical (unpaired) electrons. The summed E-state index contributed by atoms with van der Waals surface area (Å²) in [6.07, 6.45) is 43.7. The average molecular weight is 910 g/mol. The molecule has 0 aromatic carbocycles. The molecule has 0 spiro atoms. The molecule has 6 unspecified atom stereocenters. The SMILES string of the molecule is CCCCCCCC/C=C\CCCCCCCCOCC(CN1CCCCC1)OCCOC(=O)OCCOC1CCC2(C)C(=CCC3[C@@H]2CCC2(C)C([C@@H](C)CCCC(C)C)CC[C@@H]32)C1. The number of allylic oxidation sites excluding steroid dienone is 3. The minimum atomic E-state index is -0.637. The van der Waals surface area contributed by atoms with Gasteiger partial charge in [-0.2, -0.15) is 0 Å². The van der Waals surface area contributed by atoms with Crippen molar-refractivity contribution < 1.29 is 28.5 Å². The van der Waals surface area contributed by atoms with Crippen molar-refractivity contribution in [3.63, 3.8) is 0 Å². The number of rotatable bonds is 33. The number of likely N-dealkylation sites (tertiary alicyclic amines) is 1. The molecule has 1 aliphatic heterocycles. The quantitative estimate of drug-likeness (QED) is 0.0369. The third-order valence-electron chi connectivity index (χ3n) is 17.6. The third-order valence-corrected chi connectivity index (χ3v) is 17.6. The minimum Gasteiger partial charge on any atom is -0.432 e. The summed E-state index contributed by atoms with van der Waals surface area (Å²) < 4.78 is 29.6. The molecular weight excluding hydrogens is 807 g/mol. The Morgan fingerprint density at radius 3 is 2.15 bits per heavy atom. The normalized spacial score (nSPS) is 29.0. The number of nitrogens with zero attached hydrogens (tertiary/aromatic N) is 1. The molecule has 376 valence electrons. The first-order valence-corrected chi connectivity index (χ1v) is 28.3. The first-order chi connectivity index (χ1) is 31.6. The van der Waals surface area contributed by atoms with Crippen LogP contribution in [0.15, 0.2) is 23.8 Å². The molecule has 9 atom stereocenters. The zero-order valence-corrected chi connectivity index (χ0v) is 43.4. The molecule has 0 amide bonds. The molecule has 0 bridgehead atoms. The van der Waals surface area contributed by atoms with Gasteiger partial charge in [0, 0.05) is 13.2 Å². The monoisotopic (exact) mass is 910 g/mol. The summed E-state index contributed by atoms with van der Waals surface area (Å²) in [4.78, 5) is 15.0. The van der Waals surface area contributed by atoms with E-state index >= 15 is 0 Å². The van der Waals surface area contributed by atoms with Gasteiger partial charge >= 0.3 is 6.16 Å². The van der Waals surface area contributed by atoms with E-state index in [0.29, 0.717) is 30.7 Å². The van der Waals surface area contributed by atoms with E-state index in [2.05, 4.69) is 64.7 Å². The van der Waals surface area contributed by atoms with Crippen LogP contribution < -0.4 is 0 Å². The Kier molecular flexibility index (Phi) is 25.4. The lowest BCUT2D eigenvalue weighted by atomic mass is 9.47. The van der Waals surface area contributed by atoms with Gasteiger partial charge in [-0.05, 0) is 156 Å². The van der Waals surface area contributed by atoms with E-state index in [-0.39, 0.29) is 25.4 Å². The van der Waals surface area contributed by atoms with E-state index < -0.39 is 6.16 Å². The molecule has 5 rings (SSSR count). The first-order valence-electron chi connectivity index (χ1n) is 28.3. The lowest BCUT2D eigenvalue weighted by Crippen LogP contribution is -2.51. The Labute approximate surface area is 401 Å². The Morgan fingerprint density at radius 1 is 0.738 bits per heavy atom. The van der Waals surface area contributed by atoms with Crippen molar-refractivity contribution in [2.75, 3.05) is 59.3 Å². The van der Waals surface area contributed by atoms with Gasteiger partial charge in [0.2, 0.25) is 0 Å². The number of hydrogen-bond acceptors (Lipinski definition) is 7. The van der Waals surface area contributed by atoms with Gasteiger partial charge < -0.3 is 28.6 Å². The molecule has 7 heteroatoms. The Morgan fingerprint density at radius 2 is 1.43 bits per heavy atom. The minimum absolute atomic E-state index is 0.0239. The van der Waals surface area contributed by atoms with Crippen LogP contribution in [-0.4, -0.2) is 82.5 Å². The van der Waals surface area contributed by atoms with Gasteiger partial charge in [0.1, 0.15) is 13.2 Å². The standard InChI is InChI=1S/C58H103NO6/c1-7-8-9-10-11-12-13-14-15-16-17-18-19-20-21-25-39-61-46-51(45-59-37-23-22-24-38-59)63-41-43-65-56(60)64-42-40-62-50-33-35-57(5)49(44-50)29-30-52-54-32-31-53(48(4)28-26-27-47(2)3)58(54,6)36-34-55(52)57/h14-15,29,47-48,50-55H,7-13,16-28,30-46H2,1-6H3/b15-14-/t48-,50?,51?,52?,53?,54-,55-,57?,58?/m0/s1. The molecule has 0 N–H and O–H groups in total. The van der Waals surface area contributed by atoms with Gasteiger partial charge in [-0.15, -0.1) is 0 Å². The van der Waals surface area contributed by atoms with Crippen LogP contribution in [0.25, 0.3) is 0 Å². The highest BCUT2D eigenvalue weighted by atomic mass is 16.7. The second-order valence-electron chi connectivity index (χ2n) is 22.8. The summed E-state index contributed by atoms with van der Waals surface area (Å²) in [5, 5.41) is 0. The highest BCUT2D eigenvalue weighted by Gasteiger charge is 2.59. The molecule has 1 saturated heterocycles. The molecule has 1 heterocycles. The van der Waals surface area contributed by atoms with Crippen LogP contribution in [0, 0.1) is 46.3 Å². The average Bonchev–Trinajstić information content (AvgIpc) is 3.66. The van der Waals surface area contributed by atoms with Gasteiger partial charge in [0.05, 0.1) is 32.0 Å². The van der Waals surface area contributed by atoms with Crippen LogP contribution in [0.2, 0.25) is 0 Å². The summed E-state index contributed by atoms with van der Waals surface area (Å²) in [5.41, 5.74) is 2.50. The second-order valence-corrected chi connectivity index (χ2v) is 22.8. The third kappa shape index (κ3) is 18.1. The van der Waals surface area contributed by atoms with Crippen molar-refractivity contribution in [1.29, 1.82) is 0 Å². The van der Waals surface area contributed by atoms with E-state index in [1.165, 1.54) is 161 Å². The van der Waals surface area contributed by atoms with Crippen LogP contribution in [0.4, 0.5) is 4.79 Å². The number of unbranched alkanes of at least 4 members (excludes halogenated alkanes) is 12. The van der Waals surface area contributed by atoms with E-state index in [4.69, 9.17) is 23.7 Å². The zero-order chi connectivity index (χ0) is 46.2. The van der Waals surface area contributed by atoms with Gasteiger partial charge in [-0.3, -0.25) is 0 Å². The number of hydrogen-bond donors (Lipinski definition) is 0. The van der Waals surface area contributed by atoms with E-state index in [1.807, 2.05) is 0 Å². The van der Waals surface area contributed by atoms with Gasteiger partial charge in [0.25, 0.3) is 0 Å². The first kappa shape index (κ1) is 54.5. The Balaban J connectivity index is 0.900. The summed E-state index contributed by atoms with van der Waals surface area (Å²) in [6.45, 7) is 20.6. The molecule has 7 nitrogen and oxygen atoms in total. The molecule has 0 aromatic rings. The highest BCUT2D eigenvalue weighted by Crippen LogP contribution is 2.67. The predicted molar refractivity (Wildman–Crippen MR) is 270 cm³/mol. The smallest absolute Gasteiger partial charge is 0.432 e. The van der Waals surface area contributed by atoms with E-state index in [9.17, 15) is 4.79 Å². The Hall–Kier alpha value is -1.41. The maximum absolute atomic E-state index is 12.5. The molecule has 5 aliphatic rings. The fraction of sp³-hybridized carbons (Fsp3) is 0.914. The summed E-state index contributed by atoms with van der Waals surface area (Å²) in [7, 11) is 0. The molecule has 4 fully saturated rings. The van der Waals surface area contributed by atoms with Crippen molar-refractivity contribution >= 4 is 6.16 Å². The maximum atomic E-state index is 12.5. The van der Waals surface area contributed by atoms with Gasteiger partial charge in [-0.25, -0.2) is 4.79 Å². The van der Waals surface area contributed by atoms with Crippen LogP contribution >= 0.6 is 0 Å². The number of piperidine rings is 1. The molecule has 4 aliphatic carbocycles. The van der Waals surface area contributed by atoms with E-state index in [1.54, 1.807) is 5.57 Å². The van der Waals surface area contributed by atoms with Crippen molar-refractivity contribution in [3.05, 3.63) is 23.8 Å². The Bertz CT molecular complexity index is 1340. The van der Waals surface area contributed by atoms with Crippen LogP contribution in [0.3, 0.4) is 0 Å². The topological polar surface area (TPSA) is 66.5 Å². The number of ether oxygens (including phenoxy) is 5. The van der Waals surface area contributed by atoms with Crippen LogP contribution in [0.5, 0.6) is 0 Å². The van der Waals surface area contributed by atoms with Crippen LogP contribution in [-0.2, 0) is 23.7 Å². The predicted octanol–water partition coefficient (Wildman–Crippen LogP) is 15.5. The van der Waals surface area contributed by atoms with Crippen molar-refractivity contribution in [3.8, 4) is 0 Å². The molecular formula is C58H103NO6. The second kappa shape index (κ2) is 30.3. The molecule has 65 heavy (non-hydrogen) atoms.